The lowest BCUT2D eigenvalue weighted by molar-refractivity contribution is -0.139. The van der Waals surface area contributed by atoms with E-state index in [1.54, 1.807) is 0 Å². The molecule has 4 nitrogen and oxygen atoms in total. The van der Waals surface area contributed by atoms with Crippen molar-refractivity contribution in [3.63, 3.8) is 0 Å². The second-order valence-corrected chi connectivity index (χ2v) is 4.55. The van der Waals surface area contributed by atoms with Crippen molar-refractivity contribution in [2.24, 2.45) is 0 Å². The monoisotopic (exact) mass is 231 g/mol. The summed E-state index contributed by atoms with van der Waals surface area (Å²) in [5.74, 6) is -0.940. The van der Waals surface area contributed by atoms with Crippen molar-refractivity contribution < 1.29 is 15.0 Å². The first-order valence-electron chi connectivity index (χ1n) is 6.11. The zero-order chi connectivity index (χ0) is 12.6. The average molecular weight is 231 g/mol. The predicted octanol–water partition coefficient (Wildman–Crippen LogP) is 1.72. The van der Waals surface area contributed by atoms with Crippen molar-refractivity contribution in [1.82, 2.24) is 4.90 Å². The number of unbranched alkanes of at least 4 members (excludes halogenated alkanes) is 2. The minimum absolute atomic E-state index is 0.170. The van der Waals surface area contributed by atoms with Gasteiger partial charge in [0.05, 0.1) is 12.5 Å². The molecule has 0 bridgehead atoms. The number of aliphatic hydroxyl groups is 1. The van der Waals surface area contributed by atoms with E-state index in [9.17, 15) is 9.90 Å². The number of carboxylic acids is 1. The molecular formula is C12H25NO3. The van der Waals surface area contributed by atoms with Crippen LogP contribution in [0.1, 0.15) is 46.5 Å². The van der Waals surface area contributed by atoms with Crippen LogP contribution in [0.5, 0.6) is 0 Å². The van der Waals surface area contributed by atoms with Crippen LogP contribution >= 0.6 is 0 Å². The highest BCUT2D eigenvalue weighted by atomic mass is 16.4. The Labute approximate surface area is 98.3 Å². The first-order chi connectivity index (χ1) is 7.47. The van der Waals surface area contributed by atoms with Crippen LogP contribution in [0.2, 0.25) is 0 Å². The largest absolute Gasteiger partial charge is 0.481 e. The molecule has 16 heavy (non-hydrogen) atoms. The van der Waals surface area contributed by atoms with Gasteiger partial charge in [0.1, 0.15) is 0 Å². The number of aliphatic carboxylic acids is 1. The quantitative estimate of drug-likeness (QED) is 0.593. The summed E-state index contributed by atoms with van der Waals surface area (Å²) >= 11 is 0. The number of hydrogen-bond donors (Lipinski definition) is 2. The summed E-state index contributed by atoms with van der Waals surface area (Å²) in [5.41, 5.74) is 0. The van der Waals surface area contributed by atoms with Gasteiger partial charge in [-0.05, 0) is 26.8 Å². The average Bonchev–Trinajstić information content (AvgIpc) is 2.15. The number of carbonyl (C=O) groups is 1. The lowest BCUT2D eigenvalue weighted by atomic mass is 10.2. The minimum atomic E-state index is -0.940. The highest BCUT2D eigenvalue weighted by molar-refractivity contribution is 5.67. The van der Waals surface area contributed by atoms with Crippen LogP contribution in [0.3, 0.4) is 0 Å². The van der Waals surface area contributed by atoms with E-state index < -0.39 is 12.1 Å². The molecule has 0 amide bonds. The molecular weight excluding hydrogens is 206 g/mol. The molecule has 96 valence electrons. The van der Waals surface area contributed by atoms with Gasteiger partial charge in [-0.3, -0.25) is 9.69 Å². The Morgan fingerprint density at radius 1 is 1.31 bits per heavy atom. The second-order valence-electron chi connectivity index (χ2n) is 4.55. The fourth-order valence-corrected chi connectivity index (χ4v) is 1.66. The molecule has 0 heterocycles. The Balaban J connectivity index is 3.96. The molecule has 0 saturated carbocycles. The third-order valence-corrected chi connectivity index (χ3v) is 2.63. The van der Waals surface area contributed by atoms with E-state index in [4.69, 9.17) is 5.11 Å². The van der Waals surface area contributed by atoms with Crippen LogP contribution < -0.4 is 0 Å². The Hall–Kier alpha value is -0.610. The number of rotatable bonds is 9. The lowest BCUT2D eigenvalue weighted by Crippen LogP contribution is -2.39. The Morgan fingerprint density at radius 3 is 2.38 bits per heavy atom. The Morgan fingerprint density at radius 2 is 1.94 bits per heavy atom. The maximum atomic E-state index is 10.4. The van der Waals surface area contributed by atoms with Crippen molar-refractivity contribution in [2.75, 3.05) is 13.1 Å². The molecule has 0 aromatic carbocycles. The van der Waals surface area contributed by atoms with E-state index in [2.05, 4.69) is 25.7 Å². The smallest absolute Gasteiger partial charge is 0.306 e. The molecule has 0 radical (unpaired) electrons. The number of hydrogen-bond acceptors (Lipinski definition) is 3. The number of aliphatic hydroxyl groups excluding tert-OH is 1. The van der Waals surface area contributed by atoms with Crippen LogP contribution in [-0.2, 0) is 4.79 Å². The summed E-state index contributed by atoms with van der Waals surface area (Å²) in [5, 5.41) is 18.1. The first-order valence-corrected chi connectivity index (χ1v) is 6.11. The molecule has 0 aliphatic heterocycles. The molecule has 1 atom stereocenters. The standard InChI is InChI=1S/C12H25NO3/c1-4-5-6-7-13(10(2)3)9-11(14)8-12(15)16/h10-11,14H,4-9H2,1-3H3,(H,15,16). The summed E-state index contributed by atoms with van der Waals surface area (Å²) in [6.45, 7) is 7.67. The van der Waals surface area contributed by atoms with Crippen molar-refractivity contribution in [3.8, 4) is 0 Å². The minimum Gasteiger partial charge on any atom is -0.481 e. The van der Waals surface area contributed by atoms with Gasteiger partial charge < -0.3 is 10.2 Å². The highest BCUT2D eigenvalue weighted by Crippen LogP contribution is 2.06. The van der Waals surface area contributed by atoms with Gasteiger partial charge in [-0.25, -0.2) is 0 Å². The summed E-state index contributed by atoms with van der Waals surface area (Å²) in [6.07, 6.45) is 2.52. The van der Waals surface area contributed by atoms with E-state index in [-0.39, 0.29) is 6.42 Å². The van der Waals surface area contributed by atoms with Gasteiger partial charge >= 0.3 is 5.97 Å². The van der Waals surface area contributed by atoms with Gasteiger partial charge in [0.2, 0.25) is 0 Å². The lowest BCUT2D eigenvalue weighted by Gasteiger charge is -2.28. The van der Waals surface area contributed by atoms with Gasteiger partial charge in [0.15, 0.2) is 0 Å². The second kappa shape index (κ2) is 8.53. The van der Waals surface area contributed by atoms with E-state index >= 15 is 0 Å². The molecule has 2 N–H and O–H groups in total. The molecule has 0 rings (SSSR count). The molecule has 0 aliphatic carbocycles. The van der Waals surface area contributed by atoms with Crippen LogP contribution in [0.4, 0.5) is 0 Å². The van der Waals surface area contributed by atoms with E-state index in [1.807, 2.05) is 0 Å². The van der Waals surface area contributed by atoms with E-state index in [1.165, 1.54) is 12.8 Å². The summed E-state index contributed by atoms with van der Waals surface area (Å²) in [4.78, 5) is 12.6. The Kier molecular flexibility index (Phi) is 8.21. The van der Waals surface area contributed by atoms with Gasteiger partial charge in [0.25, 0.3) is 0 Å². The van der Waals surface area contributed by atoms with Crippen molar-refractivity contribution >= 4 is 5.97 Å². The van der Waals surface area contributed by atoms with Crippen molar-refractivity contribution in [2.45, 2.75) is 58.6 Å². The number of carboxylic acid groups (broad SMARTS) is 1. The molecule has 1 unspecified atom stereocenters. The predicted molar refractivity (Wildman–Crippen MR) is 64.5 cm³/mol. The van der Waals surface area contributed by atoms with Crippen molar-refractivity contribution in [3.05, 3.63) is 0 Å². The molecule has 0 spiro atoms. The zero-order valence-corrected chi connectivity index (χ0v) is 10.6. The molecule has 0 saturated heterocycles. The third kappa shape index (κ3) is 7.65. The van der Waals surface area contributed by atoms with Gasteiger partial charge in [-0.15, -0.1) is 0 Å². The fraction of sp³-hybridized carbons (Fsp3) is 0.917. The summed E-state index contributed by atoms with van der Waals surface area (Å²) < 4.78 is 0. The Bertz CT molecular complexity index is 195. The first kappa shape index (κ1) is 15.4. The van der Waals surface area contributed by atoms with Gasteiger partial charge in [-0.2, -0.15) is 0 Å². The maximum absolute atomic E-state index is 10.4. The molecule has 0 fully saturated rings. The maximum Gasteiger partial charge on any atom is 0.306 e. The molecule has 4 heteroatoms. The SMILES string of the molecule is CCCCCN(CC(O)CC(=O)O)C(C)C. The molecule has 0 aromatic rings. The van der Waals surface area contributed by atoms with Crippen LogP contribution in [0, 0.1) is 0 Å². The topological polar surface area (TPSA) is 60.8 Å². The van der Waals surface area contributed by atoms with E-state index in [0.717, 1.165) is 13.0 Å². The van der Waals surface area contributed by atoms with Gasteiger partial charge in [0, 0.05) is 12.6 Å². The fourth-order valence-electron chi connectivity index (χ4n) is 1.66. The molecule has 0 aromatic heterocycles. The number of nitrogens with zero attached hydrogens (tertiary/aromatic N) is 1. The third-order valence-electron chi connectivity index (χ3n) is 2.63. The van der Waals surface area contributed by atoms with E-state index in [0.29, 0.717) is 12.6 Å². The highest BCUT2D eigenvalue weighted by Gasteiger charge is 2.16. The van der Waals surface area contributed by atoms with Crippen LogP contribution in [-0.4, -0.2) is 46.3 Å². The van der Waals surface area contributed by atoms with Crippen LogP contribution in [0.15, 0.2) is 0 Å². The molecule has 0 aliphatic rings. The van der Waals surface area contributed by atoms with Crippen molar-refractivity contribution in [1.29, 1.82) is 0 Å². The normalized spacial score (nSPS) is 13.4. The van der Waals surface area contributed by atoms with Gasteiger partial charge in [-0.1, -0.05) is 19.8 Å². The zero-order valence-electron chi connectivity index (χ0n) is 10.6. The summed E-state index contributed by atoms with van der Waals surface area (Å²) in [6, 6.07) is 0.348. The summed E-state index contributed by atoms with van der Waals surface area (Å²) in [7, 11) is 0. The van der Waals surface area contributed by atoms with Crippen LogP contribution in [0.25, 0.3) is 0 Å².